The lowest BCUT2D eigenvalue weighted by atomic mass is 10.1. The van der Waals surface area contributed by atoms with Gasteiger partial charge in [-0.1, -0.05) is 17.2 Å². The molecule has 9 heteroatoms. The largest absolute Gasteiger partial charge is 0.494 e. The second-order valence-electron chi connectivity index (χ2n) is 10.00. The van der Waals surface area contributed by atoms with Gasteiger partial charge in [-0.15, -0.1) is 0 Å². The second-order valence-corrected chi connectivity index (χ2v) is 10.00. The highest BCUT2D eigenvalue weighted by molar-refractivity contribution is 5.95. The minimum Gasteiger partial charge on any atom is -0.494 e. The van der Waals surface area contributed by atoms with Crippen LogP contribution >= 0.6 is 0 Å². The van der Waals surface area contributed by atoms with E-state index in [1.54, 1.807) is 39.2 Å². The van der Waals surface area contributed by atoms with E-state index in [9.17, 15) is 9.59 Å². The van der Waals surface area contributed by atoms with Crippen LogP contribution in [0.1, 0.15) is 76.7 Å². The van der Waals surface area contributed by atoms with Gasteiger partial charge in [-0.25, -0.2) is 4.79 Å². The third-order valence-corrected chi connectivity index (χ3v) is 5.74. The molecule has 0 aromatic heterocycles. The van der Waals surface area contributed by atoms with Gasteiger partial charge < -0.3 is 23.8 Å². The van der Waals surface area contributed by atoms with E-state index in [0.29, 0.717) is 36.8 Å². The molecule has 0 atom stereocenters. The van der Waals surface area contributed by atoms with Crippen LogP contribution in [0.25, 0.3) is 0 Å². The SMILES string of the molecule is COc1cc(C(=O)N(C(C)C)C(C)C)ccc1OCCCCCOc1ccc(CN=NC(=O)OC(C)C)cc1. The van der Waals surface area contributed by atoms with Crippen LogP contribution in [0.4, 0.5) is 4.79 Å². The minimum atomic E-state index is -0.681. The van der Waals surface area contributed by atoms with Crippen molar-refractivity contribution in [3.05, 3.63) is 53.6 Å². The number of methoxy groups -OCH3 is 1. The van der Waals surface area contributed by atoms with Crippen molar-refractivity contribution in [2.45, 2.75) is 85.5 Å². The summed E-state index contributed by atoms with van der Waals surface area (Å²) in [6.45, 7) is 13.0. The van der Waals surface area contributed by atoms with Crippen molar-refractivity contribution in [2.75, 3.05) is 20.3 Å². The molecule has 0 heterocycles. The number of benzene rings is 2. The number of amides is 2. The van der Waals surface area contributed by atoms with Gasteiger partial charge in [0.1, 0.15) is 5.75 Å². The summed E-state index contributed by atoms with van der Waals surface area (Å²) < 4.78 is 22.1. The van der Waals surface area contributed by atoms with Crippen molar-refractivity contribution in [3.8, 4) is 17.2 Å². The lowest BCUT2D eigenvalue weighted by molar-refractivity contribution is 0.0643. The van der Waals surface area contributed by atoms with Crippen LogP contribution in [0.15, 0.2) is 52.7 Å². The summed E-state index contributed by atoms with van der Waals surface area (Å²) in [5.74, 6) is 1.94. The molecule has 0 radical (unpaired) electrons. The molecule has 0 spiro atoms. The maximum atomic E-state index is 13.0. The first kappa shape index (κ1) is 31.6. The Morgan fingerprint density at radius 2 is 1.46 bits per heavy atom. The molecule has 0 fully saturated rings. The van der Waals surface area contributed by atoms with Gasteiger partial charge in [-0.2, -0.15) is 5.11 Å². The van der Waals surface area contributed by atoms with Crippen LogP contribution in [0.3, 0.4) is 0 Å². The molecular formula is C30H43N3O6. The zero-order valence-corrected chi connectivity index (χ0v) is 24.3. The van der Waals surface area contributed by atoms with Crippen LogP contribution in [-0.2, 0) is 11.3 Å². The molecule has 2 aromatic rings. The number of carbonyl (C=O) groups is 2. The number of nitrogens with zero attached hydrogens (tertiary/aromatic N) is 3. The van der Waals surface area contributed by atoms with E-state index in [1.807, 2.05) is 56.9 Å². The molecule has 2 amide bonds. The highest BCUT2D eigenvalue weighted by Gasteiger charge is 2.22. The summed E-state index contributed by atoms with van der Waals surface area (Å²) in [4.78, 5) is 26.2. The van der Waals surface area contributed by atoms with E-state index in [0.717, 1.165) is 30.6 Å². The summed E-state index contributed by atoms with van der Waals surface area (Å²) in [7, 11) is 1.58. The number of carbonyl (C=O) groups excluding carboxylic acids is 2. The Morgan fingerprint density at radius 1 is 0.821 bits per heavy atom. The van der Waals surface area contributed by atoms with Crippen molar-refractivity contribution < 1.29 is 28.5 Å². The topological polar surface area (TPSA) is 99.0 Å². The third-order valence-electron chi connectivity index (χ3n) is 5.74. The highest BCUT2D eigenvalue weighted by Crippen LogP contribution is 2.29. The molecule has 0 bridgehead atoms. The van der Waals surface area contributed by atoms with Gasteiger partial charge in [-0.3, -0.25) is 4.79 Å². The fourth-order valence-corrected chi connectivity index (χ4v) is 3.98. The maximum absolute atomic E-state index is 13.0. The summed E-state index contributed by atoms with van der Waals surface area (Å²) in [6, 6.07) is 13.1. The lowest BCUT2D eigenvalue weighted by Crippen LogP contribution is -2.42. The third kappa shape index (κ3) is 10.9. The first-order chi connectivity index (χ1) is 18.6. The molecule has 0 saturated carbocycles. The van der Waals surface area contributed by atoms with Crippen molar-refractivity contribution in [1.29, 1.82) is 0 Å². The van der Waals surface area contributed by atoms with Gasteiger partial charge in [0.05, 0.1) is 33.0 Å². The first-order valence-electron chi connectivity index (χ1n) is 13.6. The number of unbranched alkanes of at least 4 members (excludes halogenated alkanes) is 2. The van der Waals surface area contributed by atoms with E-state index in [-0.39, 0.29) is 24.1 Å². The summed E-state index contributed by atoms with van der Waals surface area (Å²) >= 11 is 0. The molecule has 39 heavy (non-hydrogen) atoms. The average Bonchev–Trinajstić information content (AvgIpc) is 2.88. The Bertz CT molecular complexity index is 1060. The van der Waals surface area contributed by atoms with E-state index < -0.39 is 6.09 Å². The first-order valence-corrected chi connectivity index (χ1v) is 13.6. The molecule has 0 unspecified atom stereocenters. The quantitative estimate of drug-likeness (QED) is 0.176. The zero-order valence-electron chi connectivity index (χ0n) is 24.3. The zero-order chi connectivity index (χ0) is 28.8. The molecule has 0 aliphatic heterocycles. The Labute approximate surface area is 232 Å². The monoisotopic (exact) mass is 541 g/mol. The lowest BCUT2D eigenvalue weighted by Gasteiger charge is -2.31. The molecule has 0 aliphatic rings. The Morgan fingerprint density at radius 3 is 2.05 bits per heavy atom. The summed E-state index contributed by atoms with van der Waals surface area (Å²) in [5, 5.41) is 7.39. The standard InChI is InChI=1S/C30H43N3O6/c1-21(2)33(22(3)4)29(34)25-13-16-27(28(19-25)36-7)38-18-10-8-9-17-37-26-14-11-24(12-15-26)20-31-32-30(35)39-23(5)6/h11-16,19,21-23H,8-10,17-18,20H2,1-7H3. The number of hydrogen-bond acceptors (Lipinski definition) is 7. The molecule has 2 aromatic carbocycles. The van der Waals surface area contributed by atoms with Crippen molar-refractivity contribution in [2.24, 2.45) is 10.2 Å². The summed E-state index contributed by atoms with van der Waals surface area (Å²) in [5.41, 5.74) is 1.51. The Hall–Kier alpha value is -3.62. The molecule has 214 valence electrons. The van der Waals surface area contributed by atoms with Gasteiger partial charge in [-0.05, 0) is 96.7 Å². The van der Waals surface area contributed by atoms with Gasteiger partial charge in [0, 0.05) is 17.6 Å². The molecule has 0 saturated heterocycles. The van der Waals surface area contributed by atoms with E-state index in [1.165, 1.54) is 0 Å². The smallest absolute Gasteiger partial charge is 0.452 e. The van der Waals surface area contributed by atoms with Crippen molar-refractivity contribution in [3.63, 3.8) is 0 Å². The van der Waals surface area contributed by atoms with E-state index >= 15 is 0 Å². The summed E-state index contributed by atoms with van der Waals surface area (Å²) in [6.07, 6.45) is 1.80. The Kier molecular flexibility index (Phi) is 13.3. The fourth-order valence-electron chi connectivity index (χ4n) is 3.98. The fraction of sp³-hybridized carbons (Fsp3) is 0.533. The molecule has 2 rings (SSSR count). The van der Waals surface area contributed by atoms with Crippen LogP contribution in [0, 0.1) is 0 Å². The van der Waals surface area contributed by atoms with Crippen LogP contribution < -0.4 is 14.2 Å². The van der Waals surface area contributed by atoms with Crippen LogP contribution in [-0.4, -0.2) is 55.4 Å². The predicted octanol–water partition coefficient (Wildman–Crippen LogP) is 7.08. The molecule has 0 N–H and O–H groups in total. The average molecular weight is 542 g/mol. The minimum absolute atomic E-state index is 0.0197. The molecule has 9 nitrogen and oxygen atoms in total. The van der Waals surface area contributed by atoms with Crippen LogP contribution in [0.2, 0.25) is 0 Å². The van der Waals surface area contributed by atoms with E-state index in [4.69, 9.17) is 18.9 Å². The Balaban J connectivity index is 1.71. The number of hydrogen-bond donors (Lipinski definition) is 0. The van der Waals surface area contributed by atoms with Gasteiger partial charge in [0.25, 0.3) is 5.91 Å². The number of rotatable bonds is 15. The number of azo groups is 1. The predicted molar refractivity (Wildman–Crippen MR) is 151 cm³/mol. The normalized spacial score (nSPS) is 11.3. The second kappa shape index (κ2) is 16.4. The van der Waals surface area contributed by atoms with Gasteiger partial charge >= 0.3 is 6.09 Å². The maximum Gasteiger partial charge on any atom is 0.452 e. The molecule has 0 aliphatic carbocycles. The molecular weight excluding hydrogens is 498 g/mol. The van der Waals surface area contributed by atoms with Crippen molar-refractivity contribution >= 4 is 12.0 Å². The highest BCUT2D eigenvalue weighted by atomic mass is 16.6. The van der Waals surface area contributed by atoms with Crippen molar-refractivity contribution in [1.82, 2.24) is 4.90 Å². The van der Waals surface area contributed by atoms with Crippen LogP contribution in [0.5, 0.6) is 17.2 Å². The number of ether oxygens (including phenoxy) is 4. The van der Waals surface area contributed by atoms with Gasteiger partial charge in [0.2, 0.25) is 0 Å². The van der Waals surface area contributed by atoms with E-state index in [2.05, 4.69) is 10.2 Å². The van der Waals surface area contributed by atoms with Gasteiger partial charge in [0.15, 0.2) is 11.5 Å².